The van der Waals surface area contributed by atoms with E-state index in [-0.39, 0.29) is 24.3 Å². The van der Waals surface area contributed by atoms with E-state index in [4.69, 9.17) is 4.74 Å². The average Bonchev–Trinajstić information content (AvgIpc) is 3.38. The van der Waals surface area contributed by atoms with E-state index >= 15 is 0 Å². The molecule has 0 bridgehead atoms. The molecule has 1 aromatic carbocycles. The van der Waals surface area contributed by atoms with Crippen LogP contribution in [0.3, 0.4) is 0 Å². The van der Waals surface area contributed by atoms with Crippen LogP contribution in [-0.2, 0) is 11.2 Å². The fraction of sp³-hybridized carbons (Fsp3) is 0.455. The smallest absolute Gasteiger partial charge is 0.145 e. The number of rotatable bonds is 4. The predicted molar refractivity (Wildman–Crippen MR) is 108 cm³/mol. The molecule has 0 unspecified atom stereocenters. The number of nitrogens with zero attached hydrogens (tertiary/aromatic N) is 3. The Labute approximate surface area is 164 Å². The lowest BCUT2D eigenvalue weighted by atomic mass is 10.1. The van der Waals surface area contributed by atoms with Gasteiger partial charge in [-0.2, -0.15) is 0 Å². The first-order valence-corrected chi connectivity index (χ1v) is 10.0. The molecule has 2 aliphatic carbocycles. The van der Waals surface area contributed by atoms with Crippen molar-refractivity contribution in [3.63, 3.8) is 0 Å². The highest BCUT2D eigenvalue weighted by atomic mass is 16.5. The molecule has 5 rings (SSSR count). The zero-order chi connectivity index (χ0) is 19.3. The van der Waals surface area contributed by atoms with Crippen LogP contribution in [0.15, 0.2) is 42.9 Å². The number of hydrogen-bond acceptors (Lipinski definition) is 5. The normalized spacial score (nSPS) is 29.3. The summed E-state index contributed by atoms with van der Waals surface area (Å²) in [6, 6.07) is 10.9. The largest absolute Gasteiger partial charge is 0.393 e. The first-order chi connectivity index (χ1) is 13.7. The third-order valence-corrected chi connectivity index (χ3v) is 6.49. The van der Waals surface area contributed by atoms with Gasteiger partial charge in [0.15, 0.2) is 0 Å². The molecule has 0 radical (unpaired) electrons. The van der Waals surface area contributed by atoms with E-state index in [1.807, 2.05) is 0 Å². The number of hydrogen-bond donors (Lipinski definition) is 2. The Morgan fingerprint density at radius 1 is 1.18 bits per heavy atom. The molecule has 0 aliphatic heterocycles. The van der Waals surface area contributed by atoms with Crippen molar-refractivity contribution >= 4 is 16.9 Å². The van der Waals surface area contributed by atoms with Crippen molar-refractivity contribution in [1.29, 1.82) is 0 Å². The summed E-state index contributed by atoms with van der Waals surface area (Å²) in [6.07, 6.45) is 6.19. The molecule has 1 saturated carbocycles. The van der Waals surface area contributed by atoms with Crippen LogP contribution in [0, 0.1) is 5.92 Å². The number of nitrogens with one attached hydrogen (secondary N) is 1. The zero-order valence-electron chi connectivity index (χ0n) is 16.2. The summed E-state index contributed by atoms with van der Waals surface area (Å²) in [5, 5.41) is 14.8. The summed E-state index contributed by atoms with van der Waals surface area (Å²) in [6.45, 7) is 2.11. The molecule has 1 fully saturated rings. The predicted octanol–water partition coefficient (Wildman–Crippen LogP) is 3.49. The van der Waals surface area contributed by atoms with Crippen LogP contribution in [0.4, 0.5) is 5.82 Å². The second-order valence-electron chi connectivity index (χ2n) is 8.15. The quantitative estimate of drug-likeness (QED) is 0.727. The molecule has 0 spiro atoms. The van der Waals surface area contributed by atoms with Gasteiger partial charge in [0.2, 0.25) is 0 Å². The molecule has 3 aromatic rings. The van der Waals surface area contributed by atoms with Crippen LogP contribution in [0.25, 0.3) is 11.0 Å². The van der Waals surface area contributed by atoms with Gasteiger partial charge < -0.3 is 19.7 Å². The van der Waals surface area contributed by atoms with E-state index < -0.39 is 0 Å². The van der Waals surface area contributed by atoms with Crippen molar-refractivity contribution in [2.24, 2.45) is 5.92 Å². The third-order valence-electron chi connectivity index (χ3n) is 6.49. The molecule has 5 atom stereocenters. The van der Waals surface area contributed by atoms with Gasteiger partial charge in [-0.15, -0.1) is 0 Å². The van der Waals surface area contributed by atoms with Gasteiger partial charge in [0.05, 0.1) is 23.6 Å². The lowest BCUT2D eigenvalue weighted by Gasteiger charge is -2.22. The van der Waals surface area contributed by atoms with Crippen LogP contribution in [0.5, 0.6) is 0 Å². The van der Waals surface area contributed by atoms with Crippen molar-refractivity contribution in [2.45, 2.75) is 50.5 Å². The molecule has 2 N–H and O–H groups in total. The average molecular weight is 378 g/mol. The van der Waals surface area contributed by atoms with E-state index in [9.17, 15) is 5.11 Å². The topological polar surface area (TPSA) is 72.2 Å². The highest BCUT2D eigenvalue weighted by Gasteiger charge is 2.34. The summed E-state index contributed by atoms with van der Waals surface area (Å²) in [7, 11) is 1.77. The number of methoxy groups -OCH3 is 1. The maximum atomic E-state index is 10.2. The highest BCUT2D eigenvalue weighted by molar-refractivity contribution is 5.87. The number of anilines is 1. The van der Waals surface area contributed by atoms with Gasteiger partial charge in [-0.1, -0.05) is 31.2 Å². The number of aromatic nitrogens is 3. The van der Waals surface area contributed by atoms with Crippen LogP contribution in [0.1, 0.15) is 43.0 Å². The highest BCUT2D eigenvalue weighted by Crippen LogP contribution is 2.39. The van der Waals surface area contributed by atoms with Crippen molar-refractivity contribution in [2.75, 3.05) is 12.4 Å². The Morgan fingerprint density at radius 2 is 2.04 bits per heavy atom. The lowest BCUT2D eigenvalue weighted by Crippen LogP contribution is -2.24. The molecule has 2 aliphatic rings. The lowest BCUT2D eigenvalue weighted by molar-refractivity contribution is 0.0960. The number of aliphatic hydroxyl groups is 1. The molecule has 0 amide bonds. The standard InChI is InChI=1S/C22H26N4O2/c1-13-9-15(11-18(13)27)26-8-7-17-21(23-12-24-22(17)26)25-20-16-6-4-3-5-14(16)10-19(20)28-2/h3-8,12-13,15,18-20,27H,9-11H2,1-2H3,(H,23,24,25)/t13-,15+,18-,19-,20+/m0/s1. The molecule has 6 heteroatoms. The maximum Gasteiger partial charge on any atom is 0.145 e. The molecule has 0 saturated heterocycles. The summed E-state index contributed by atoms with van der Waals surface area (Å²) in [4.78, 5) is 9.09. The first-order valence-electron chi connectivity index (χ1n) is 10.0. The van der Waals surface area contributed by atoms with Crippen molar-refractivity contribution in [3.8, 4) is 0 Å². The summed E-state index contributed by atoms with van der Waals surface area (Å²) in [5.41, 5.74) is 3.51. The van der Waals surface area contributed by atoms with Gasteiger partial charge in [-0.3, -0.25) is 0 Å². The monoisotopic (exact) mass is 378 g/mol. The minimum absolute atomic E-state index is 0.0657. The Balaban J connectivity index is 1.49. The molecule has 2 heterocycles. The fourth-order valence-corrected chi connectivity index (χ4v) is 4.90. The van der Waals surface area contributed by atoms with Crippen molar-refractivity contribution in [1.82, 2.24) is 14.5 Å². The van der Waals surface area contributed by atoms with Crippen molar-refractivity contribution < 1.29 is 9.84 Å². The van der Waals surface area contributed by atoms with E-state index in [1.54, 1.807) is 13.4 Å². The first kappa shape index (κ1) is 17.6. The fourth-order valence-electron chi connectivity index (χ4n) is 4.90. The maximum absolute atomic E-state index is 10.2. The van der Waals surface area contributed by atoms with Gasteiger partial charge in [-0.05, 0) is 36.0 Å². The molecule has 146 valence electrons. The number of benzene rings is 1. The minimum Gasteiger partial charge on any atom is -0.393 e. The van der Waals surface area contributed by atoms with Crippen LogP contribution >= 0.6 is 0 Å². The molecule has 28 heavy (non-hydrogen) atoms. The summed E-state index contributed by atoms with van der Waals surface area (Å²) >= 11 is 0. The molecular weight excluding hydrogens is 352 g/mol. The van der Waals surface area contributed by atoms with E-state index in [2.05, 4.69) is 63.3 Å². The minimum atomic E-state index is -0.237. The SMILES string of the molecule is CO[C@H]1Cc2ccccc2[C@H]1Nc1ncnc2c1ccn2[C@@H]1C[C@H](C)[C@@H](O)C1. The Bertz CT molecular complexity index is 991. The van der Waals surface area contributed by atoms with Gasteiger partial charge >= 0.3 is 0 Å². The summed E-state index contributed by atoms with van der Waals surface area (Å²) < 4.78 is 7.96. The Hall–Kier alpha value is -2.44. The molecule has 2 aromatic heterocycles. The van der Waals surface area contributed by atoms with E-state index in [1.165, 1.54) is 11.1 Å². The number of ether oxygens (including phenoxy) is 1. The number of aliphatic hydroxyl groups excluding tert-OH is 1. The Kier molecular flexibility index (Phi) is 4.33. The van der Waals surface area contributed by atoms with E-state index in [0.717, 1.165) is 36.1 Å². The van der Waals surface area contributed by atoms with Crippen LogP contribution in [-0.4, -0.2) is 39.0 Å². The third kappa shape index (κ3) is 2.79. The Morgan fingerprint density at radius 3 is 2.82 bits per heavy atom. The second kappa shape index (κ2) is 6.87. The van der Waals surface area contributed by atoms with Gasteiger partial charge in [0.1, 0.15) is 17.8 Å². The van der Waals surface area contributed by atoms with Crippen molar-refractivity contribution in [3.05, 3.63) is 54.0 Å². The molecular formula is C22H26N4O2. The summed E-state index contributed by atoms with van der Waals surface area (Å²) in [5.74, 6) is 1.15. The van der Waals surface area contributed by atoms with Crippen LogP contribution in [0.2, 0.25) is 0 Å². The number of fused-ring (bicyclic) bond motifs is 2. The van der Waals surface area contributed by atoms with Gasteiger partial charge in [0.25, 0.3) is 0 Å². The van der Waals surface area contributed by atoms with E-state index in [0.29, 0.717) is 5.92 Å². The van der Waals surface area contributed by atoms with Gasteiger partial charge in [-0.25, -0.2) is 9.97 Å². The van der Waals surface area contributed by atoms with Crippen LogP contribution < -0.4 is 5.32 Å². The zero-order valence-corrected chi connectivity index (χ0v) is 16.2. The second-order valence-corrected chi connectivity index (χ2v) is 8.15. The van der Waals surface area contributed by atoms with Gasteiger partial charge in [0, 0.05) is 25.8 Å². The molecule has 6 nitrogen and oxygen atoms in total.